The molecular weight excluding hydrogens is 102 g/mol. The van der Waals surface area contributed by atoms with Crippen LogP contribution in [0.3, 0.4) is 0 Å². The van der Waals surface area contributed by atoms with Gasteiger partial charge in [0, 0.05) is 12.5 Å². The molecule has 2 nitrogen and oxygen atoms in total. The maximum atomic E-state index is 9.08. The molecule has 0 aromatic carbocycles. The fraction of sp³-hybridized carbons (Fsp3) is 1.00. The summed E-state index contributed by atoms with van der Waals surface area (Å²) in [5, 5.41) is 12.3. The van der Waals surface area contributed by atoms with Crippen LogP contribution in [0.15, 0.2) is 0 Å². The first kappa shape index (κ1) is 4.77. The summed E-state index contributed by atoms with van der Waals surface area (Å²) in [6.07, 6.45) is 1.06. The first-order chi connectivity index (χ1) is 3.88. The molecule has 2 aliphatic rings. The SMILES string of the molecule is O[C@@H]1C[C@@H]2CNC[C@H]21. The third-order valence-electron chi connectivity index (χ3n) is 2.43. The summed E-state index contributed by atoms with van der Waals surface area (Å²) in [7, 11) is 0. The minimum atomic E-state index is 0.0231. The molecule has 1 heterocycles. The van der Waals surface area contributed by atoms with Crippen molar-refractivity contribution in [2.24, 2.45) is 11.8 Å². The van der Waals surface area contributed by atoms with Gasteiger partial charge in [-0.15, -0.1) is 0 Å². The molecule has 1 aliphatic heterocycles. The quantitative estimate of drug-likeness (QED) is 0.447. The van der Waals surface area contributed by atoms with E-state index in [4.69, 9.17) is 5.11 Å². The van der Waals surface area contributed by atoms with Gasteiger partial charge in [-0.05, 0) is 18.9 Å². The van der Waals surface area contributed by atoms with Crippen molar-refractivity contribution in [3.63, 3.8) is 0 Å². The number of hydrogen-bond donors (Lipinski definition) is 2. The molecule has 0 aromatic rings. The standard InChI is InChI=1S/C6H11NO/c8-6-1-4-2-7-3-5(4)6/h4-8H,1-3H2/t4-,5-,6-/m1/s1. The summed E-state index contributed by atoms with van der Waals surface area (Å²) in [5.74, 6) is 1.42. The van der Waals surface area contributed by atoms with Crippen LogP contribution in [0.25, 0.3) is 0 Å². The molecule has 2 N–H and O–H groups in total. The lowest BCUT2D eigenvalue weighted by molar-refractivity contribution is -0.00403. The third kappa shape index (κ3) is 0.446. The van der Waals surface area contributed by atoms with Gasteiger partial charge in [0.05, 0.1) is 6.10 Å². The Morgan fingerprint density at radius 3 is 2.75 bits per heavy atom. The zero-order valence-corrected chi connectivity index (χ0v) is 4.80. The van der Waals surface area contributed by atoms with Gasteiger partial charge >= 0.3 is 0 Å². The van der Waals surface area contributed by atoms with Gasteiger partial charge in [-0.3, -0.25) is 0 Å². The van der Waals surface area contributed by atoms with Crippen LogP contribution in [-0.2, 0) is 0 Å². The number of nitrogens with one attached hydrogen (secondary N) is 1. The predicted molar refractivity (Wildman–Crippen MR) is 30.5 cm³/mol. The Bertz CT molecular complexity index is 105. The Balaban J connectivity index is 2.02. The molecule has 2 heteroatoms. The van der Waals surface area contributed by atoms with E-state index in [-0.39, 0.29) is 6.10 Å². The van der Waals surface area contributed by atoms with Crippen molar-refractivity contribution in [2.75, 3.05) is 13.1 Å². The topological polar surface area (TPSA) is 32.3 Å². The van der Waals surface area contributed by atoms with Gasteiger partial charge in [0.25, 0.3) is 0 Å². The predicted octanol–water partition coefficient (Wildman–Crippen LogP) is -0.413. The minimum Gasteiger partial charge on any atom is -0.393 e. The summed E-state index contributed by atoms with van der Waals surface area (Å²) >= 11 is 0. The van der Waals surface area contributed by atoms with Gasteiger partial charge in [0.1, 0.15) is 0 Å². The molecule has 8 heavy (non-hydrogen) atoms. The van der Waals surface area contributed by atoms with Crippen molar-refractivity contribution in [1.29, 1.82) is 0 Å². The fourth-order valence-electron chi connectivity index (χ4n) is 1.75. The number of aliphatic hydroxyl groups excluding tert-OH is 1. The van der Waals surface area contributed by atoms with Gasteiger partial charge in [0.15, 0.2) is 0 Å². The van der Waals surface area contributed by atoms with Gasteiger partial charge in [-0.2, -0.15) is 0 Å². The molecule has 0 aromatic heterocycles. The van der Waals surface area contributed by atoms with Crippen LogP contribution in [0.1, 0.15) is 6.42 Å². The highest BCUT2D eigenvalue weighted by atomic mass is 16.3. The van der Waals surface area contributed by atoms with Gasteiger partial charge in [-0.1, -0.05) is 0 Å². The Labute approximate surface area is 48.9 Å². The van der Waals surface area contributed by atoms with E-state index in [1.807, 2.05) is 0 Å². The van der Waals surface area contributed by atoms with E-state index in [9.17, 15) is 0 Å². The van der Waals surface area contributed by atoms with Gasteiger partial charge in [-0.25, -0.2) is 0 Å². The number of hydrogen-bond acceptors (Lipinski definition) is 2. The molecule has 1 aliphatic carbocycles. The maximum absolute atomic E-state index is 9.08. The molecule has 46 valence electrons. The van der Waals surface area contributed by atoms with Crippen LogP contribution in [0.2, 0.25) is 0 Å². The van der Waals surface area contributed by atoms with Crippen LogP contribution in [0, 0.1) is 11.8 Å². The molecule has 2 fully saturated rings. The third-order valence-corrected chi connectivity index (χ3v) is 2.43. The number of fused-ring (bicyclic) bond motifs is 1. The molecule has 0 spiro atoms. The van der Waals surface area contributed by atoms with Crippen LogP contribution >= 0.6 is 0 Å². The molecule has 3 atom stereocenters. The zero-order valence-electron chi connectivity index (χ0n) is 4.80. The largest absolute Gasteiger partial charge is 0.393 e. The summed E-state index contributed by atoms with van der Waals surface area (Å²) < 4.78 is 0. The highest BCUT2D eigenvalue weighted by molar-refractivity contribution is 4.95. The average molecular weight is 113 g/mol. The fourth-order valence-corrected chi connectivity index (χ4v) is 1.75. The van der Waals surface area contributed by atoms with E-state index in [1.54, 1.807) is 0 Å². The first-order valence-electron chi connectivity index (χ1n) is 3.26. The van der Waals surface area contributed by atoms with Crippen LogP contribution in [0.5, 0.6) is 0 Å². The maximum Gasteiger partial charge on any atom is 0.0586 e. The van der Waals surface area contributed by atoms with Crippen LogP contribution in [-0.4, -0.2) is 24.3 Å². The second kappa shape index (κ2) is 1.45. The lowest BCUT2D eigenvalue weighted by Crippen LogP contribution is -2.39. The Morgan fingerprint density at radius 2 is 2.25 bits per heavy atom. The van der Waals surface area contributed by atoms with Crippen LogP contribution < -0.4 is 5.32 Å². The minimum absolute atomic E-state index is 0.0231. The van der Waals surface area contributed by atoms with E-state index < -0.39 is 0 Å². The van der Waals surface area contributed by atoms with Crippen molar-refractivity contribution in [3.8, 4) is 0 Å². The molecular formula is C6H11NO. The van der Waals surface area contributed by atoms with Crippen molar-refractivity contribution >= 4 is 0 Å². The molecule has 0 radical (unpaired) electrons. The monoisotopic (exact) mass is 113 g/mol. The summed E-state index contributed by atoms with van der Waals surface area (Å²) in [6, 6.07) is 0. The number of aliphatic hydroxyl groups is 1. The summed E-state index contributed by atoms with van der Waals surface area (Å²) in [5.41, 5.74) is 0. The van der Waals surface area contributed by atoms with E-state index in [0.717, 1.165) is 25.4 Å². The lowest BCUT2D eigenvalue weighted by atomic mass is 9.74. The van der Waals surface area contributed by atoms with Gasteiger partial charge < -0.3 is 10.4 Å². The zero-order chi connectivity index (χ0) is 5.56. The Hall–Kier alpha value is -0.0800. The van der Waals surface area contributed by atoms with E-state index in [0.29, 0.717) is 5.92 Å². The van der Waals surface area contributed by atoms with Crippen molar-refractivity contribution in [3.05, 3.63) is 0 Å². The normalized spacial score (nSPS) is 52.9. The van der Waals surface area contributed by atoms with Crippen molar-refractivity contribution in [2.45, 2.75) is 12.5 Å². The highest BCUT2D eigenvalue weighted by Crippen LogP contribution is 2.36. The number of rotatable bonds is 0. The molecule has 2 rings (SSSR count). The van der Waals surface area contributed by atoms with Crippen molar-refractivity contribution < 1.29 is 5.11 Å². The molecule has 1 saturated heterocycles. The summed E-state index contributed by atoms with van der Waals surface area (Å²) in [6.45, 7) is 2.19. The second-order valence-corrected chi connectivity index (χ2v) is 2.89. The Morgan fingerprint density at radius 1 is 1.38 bits per heavy atom. The molecule has 1 saturated carbocycles. The summed E-state index contributed by atoms with van der Waals surface area (Å²) in [4.78, 5) is 0. The first-order valence-corrected chi connectivity index (χ1v) is 3.26. The van der Waals surface area contributed by atoms with Crippen LogP contribution in [0.4, 0.5) is 0 Å². The van der Waals surface area contributed by atoms with Crippen molar-refractivity contribution in [1.82, 2.24) is 5.32 Å². The molecule has 0 amide bonds. The van der Waals surface area contributed by atoms with E-state index in [1.165, 1.54) is 0 Å². The lowest BCUT2D eigenvalue weighted by Gasteiger charge is -2.35. The molecule has 0 unspecified atom stereocenters. The van der Waals surface area contributed by atoms with E-state index in [2.05, 4.69) is 5.32 Å². The van der Waals surface area contributed by atoms with Gasteiger partial charge in [0.2, 0.25) is 0 Å². The Kier molecular flexibility index (Phi) is 0.866. The highest BCUT2D eigenvalue weighted by Gasteiger charge is 2.42. The second-order valence-electron chi connectivity index (χ2n) is 2.89. The molecule has 0 bridgehead atoms. The average Bonchev–Trinajstić information content (AvgIpc) is 2.09. The smallest absolute Gasteiger partial charge is 0.0586 e. The van der Waals surface area contributed by atoms with E-state index >= 15 is 0 Å².